The van der Waals surface area contributed by atoms with E-state index in [1.807, 2.05) is 48.5 Å². The summed E-state index contributed by atoms with van der Waals surface area (Å²) in [4.78, 5) is 27.7. The molecule has 5 rings (SSSR count). The lowest BCUT2D eigenvalue weighted by atomic mass is 10.2. The molecule has 8 heteroatoms. The molecule has 1 aromatic heterocycles. The lowest BCUT2D eigenvalue weighted by Gasteiger charge is -2.28. The van der Waals surface area contributed by atoms with E-state index in [1.54, 1.807) is 16.7 Å². The minimum Gasteiger partial charge on any atom is -0.326 e. The Morgan fingerprint density at radius 1 is 1.03 bits per heavy atom. The molecule has 0 aliphatic carbocycles. The van der Waals surface area contributed by atoms with Gasteiger partial charge in [-0.3, -0.25) is 9.59 Å². The number of benzene rings is 2. The van der Waals surface area contributed by atoms with Gasteiger partial charge in [-0.25, -0.2) is 0 Å². The van der Waals surface area contributed by atoms with Crippen molar-refractivity contribution in [1.82, 2.24) is 14.8 Å². The van der Waals surface area contributed by atoms with Crippen LogP contribution in [0.1, 0.15) is 31.5 Å². The number of thioether (sulfide) groups is 1. The number of anilines is 2. The highest BCUT2D eigenvalue weighted by Gasteiger charge is 2.24. The number of aryl methyl sites for hydroxylation is 1. The molecule has 7 nitrogen and oxygen atoms in total. The van der Waals surface area contributed by atoms with Gasteiger partial charge in [0.15, 0.2) is 5.82 Å². The molecule has 32 heavy (non-hydrogen) atoms. The predicted octanol–water partition coefficient (Wildman–Crippen LogP) is 4.14. The number of rotatable bonds is 5. The van der Waals surface area contributed by atoms with Crippen molar-refractivity contribution >= 4 is 35.0 Å². The summed E-state index contributed by atoms with van der Waals surface area (Å²) in [5.41, 5.74) is 2.62. The van der Waals surface area contributed by atoms with Crippen LogP contribution < -0.4 is 10.2 Å². The molecule has 0 fully saturated rings. The molecule has 1 N–H and O–H groups in total. The minimum atomic E-state index is -0.113. The first-order valence-electron chi connectivity index (χ1n) is 11.0. The number of carbonyl (C=O) groups excluding carboxylic acids is 2. The second-order valence-electron chi connectivity index (χ2n) is 8.08. The number of carbonyl (C=O) groups is 2. The summed E-state index contributed by atoms with van der Waals surface area (Å²) < 4.78 is 2.21. The number of nitrogens with zero attached hydrogens (tertiary/aromatic N) is 4. The Labute approximate surface area is 191 Å². The lowest BCUT2D eigenvalue weighted by molar-refractivity contribution is -0.117. The predicted molar refractivity (Wildman–Crippen MR) is 126 cm³/mol. The highest BCUT2D eigenvalue weighted by molar-refractivity contribution is 8.00. The highest BCUT2D eigenvalue weighted by Crippen LogP contribution is 2.35. The third-order valence-electron chi connectivity index (χ3n) is 5.91. The number of fused-ring (bicyclic) bond motifs is 2. The quantitative estimate of drug-likeness (QED) is 0.636. The van der Waals surface area contributed by atoms with Crippen LogP contribution in [0.2, 0.25) is 0 Å². The molecule has 0 unspecified atom stereocenters. The van der Waals surface area contributed by atoms with Crippen LogP contribution in [0, 0.1) is 0 Å². The molecule has 2 amide bonds. The van der Waals surface area contributed by atoms with Crippen LogP contribution >= 0.6 is 11.8 Å². The van der Waals surface area contributed by atoms with Crippen molar-refractivity contribution in [1.29, 1.82) is 0 Å². The number of nitrogens with one attached hydrogen (secondary N) is 1. The number of hydrogen-bond acceptors (Lipinski definition) is 5. The van der Waals surface area contributed by atoms with Crippen molar-refractivity contribution in [2.75, 3.05) is 22.5 Å². The fourth-order valence-electron chi connectivity index (χ4n) is 4.24. The minimum absolute atomic E-state index is 0.0401. The Bertz CT molecular complexity index is 1140. The largest absolute Gasteiger partial charge is 0.326 e. The van der Waals surface area contributed by atoms with Gasteiger partial charge in [0.1, 0.15) is 5.82 Å². The maximum absolute atomic E-state index is 12.5. The molecule has 3 aromatic rings. The topological polar surface area (TPSA) is 80.1 Å². The van der Waals surface area contributed by atoms with E-state index >= 15 is 0 Å². The first-order chi connectivity index (χ1) is 15.7. The number of aromatic nitrogens is 3. The number of hydrogen-bond donors (Lipinski definition) is 1. The van der Waals surface area contributed by atoms with E-state index in [0.717, 1.165) is 59.3 Å². The SMILES string of the molecule is O=C(CCN1C(=O)CSc2ccccc21)Nc1ccc(-c2nnc3n2CCCCC3)cc1. The van der Waals surface area contributed by atoms with Gasteiger partial charge >= 0.3 is 0 Å². The zero-order valence-electron chi connectivity index (χ0n) is 17.8. The van der Waals surface area contributed by atoms with Crippen LogP contribution in [0.4, 0.5) is 11.4 Å². The van der Waals surface area contributed by atoms with Crippen LogP contribution in [0.3, 0.4) is 0 Å². The molecule has 164 valence electrons. The summed E-state index contributed by atoms with van der Waals surface area (Å²) in [6.45, 7) is 1.32. The summed E-state index contributed by atoms with van der Waals surface area (Å²) in [6.07, 6.45) is 4.75. The Hall–Kier alpha value is -3.13. The van der Waals surface area contributed by atoms with Crippen LogP contribution in [-0.4, -0.2) is 38.9 Å². The van der Waals surface area contributed by atoms with Gasteiger partial charge < -0.3 is 14.8 Å². The maximum Gasteiger partial charge on any atom is 0.237 e. The molecule has 0 saturated heterocycles. The molecule has 0 saturated carbocycles. The molecule has 2 aliphatic rings. The number of para-hydroxylation sites is 1. The van der Waals surface area contributed by atoms with Crippen molar-refractivity contribution in [3.05, 3.63) is 54.4 Å². The van der Waals surface area contributed by atoms with Crippen molar-refractivity contribution in [3.8, 4) is 11.4 Å². The second-order valence-corrected chi connectivity index (χ2v) is 9.10. The zero-order valence-corrected chi connectivity index (χ0v) is 18.6. The van der Waals surface area contributed by atoms with Gasteiger partial charge in [-0.1, -0.05) is 18.6 Å². The summed E-state index contributed by atoms with van der Waals surface area (Å²) in [5, 5.41) is 11.7. The first-order valence-corrected chi connectivity index (χ1v) is 12.0. The third kappa shape index (κ3) is 4.27. The van der Waals surface area contributed by atoms with E-state index in [4.69, 9.17) is 0 Å². The van der Waals surface area contributed by atoms with Gasteiger partial charge in [0, 0.05) is 42.1 Å². The monoisotopic (exact) mass is 447 g/mol. The lowest BCUT2D eigenvalue weighted by Crippen LogP contribution is -2.37. The molecule has 2 aliphatic heterocycles. The Balaban J connectivity index is 1.22. The molecule has 0 bridgehead atoms. The molecular formula is C24H25N5O2S. The molecule has 3 heterocycles. The number of amides is 2. The first kappa shape index (κ1) is 20.8. The van der Waals surface area contributed by atoms with E-state index in [2.05, 4.69) is 20.1 Å². The van der Waals surface area contributed by atoms with Gasteiger partial charge in [0.05, 0.1) is 11.4 Å². The Morgan fingerprint density at radius 2 is 1.88 bits per heavy atom. The van der Waals surface area contributed by atoms with E-state index in [1.165, 1.54) is 6.42 Å². The molecule has 0 spiro atoms. The molecule has 0 radical (unpaired) electrons. The van der Waals surface area contributed by atoms with Gasteiger partial charge in [0.2, 0.25) is 11.8 Å². The van der Waals surface area contributed by atoms with Crippen molar-refractivity contribution in [2.24, 2.45) is 0 Å². The fraction of sp³-hybridized carbons (Fsp3) is 0.333. The standard InChI is InChI=1S/C24H25N5O2S/c30-22(13-15-28-19-6-3-4-7-20(19)32-16-23(28)31)25-18-11-9-17(10-12-18)24-27-26-21-8-2-1-5-14-29(21)24/h3-4,6-7,9-12H,1-2,5,8,13-16H2,(H,25,30). The van der Waals surface area contributed by atoms with Crippen molar-refractivity contribution in [2.45, 2.75) is 43.5 Å². The van der Waals surface area contributed by atoms with Crippen LogP contribution in [-0.2, 0) is 22.6 Å². The van der Waals surface area contributed by atoms with Crippen LogP contribution in [0.15, 0.2) is 53.4 Å². The summed E-state index contributed by atoms with van der Waals surface area (Å²) in [5.74, 6) is 2.28. The smallest absolute Gasteiger partial charge is 0.237 e. The van der Waals surface area contributed by atoms with Crippen LogP contribution in [0.25, 0.3) is 11.4 Å². The van der Waals surface area contributed by atoms with Crippen molar-refractivity contribution in [3.63, 3.8) is 0 Å². The molecular weight excluding hydrogens is 422 g/mol. The van der Waals surface area contributed by atoms with Gasteiger partial charge in [-0.2, -0.15) is 0 Å². The van der Waals surface area contributed by atoms with E-state index in [9.17, 15) is 9.59 Å². The average molecular weight is 448 g/mol. The maximum atomic E-state index is 12.5. The molecule has 0 atom stereocenters. The highest BCUT2D eigenvalue weighted by atomic mass is 32.2. The Kier molecular flexibility index (Phi) is 5.94. The normalized spacial score (nSPS) is 15.6. The summed E-state index contributed by atoms with van der Waals surface area (Å²) in [6, 6.07) is 15.6. The fourth-order valence-corrected chi connectivity index (χ4v) is 5.17. The van der Waals surface area contributed by atoms with Crippen molar-refractivity contribution < 1.29 is 9.59 Å². The van der Waals surface area contributed by atoms with Crippen LogP contribution in [0.5, 0.6) is 0 Å². The third-order valence-corrected chi connectivity index (χ3v) is 6.95. The summed E-state index contributed by atoms with van der Waals surface area (Å²) >= 11 is 1.54. The Morgan fingerprint density at radius 3 is 2.75 bits per heavy atom. The van der Waals surface area contributed by atoms with Gasteiger partial charge in [-0.15, -0.1) is 22.0 Å². The summed E-state index contributed by atoms with van der Waals surface area (Å²) in [7, 11) is 0. The van der Waals surface area contributed by atoms with Gasteiger partial charge in [0.25, 0.3) is 0 Å². The van der Waals surface area contributed by atoms with E-state index < -0.39 is 0 Å². The zero-order chi connectivity index (χ0) is 21.9. The second kappa shape index (κ2) is 9.16. The molecule has 2 aromatic carbocycles. The average Bonchev–Trinajstić information content (AvgIpc) is 3.07. The van der Waals surface area contributed by atoms with E-state index in [-0.39, 0.29) is 18.2 Å². The van der Waals surface area contributed by atoms with Gasteiger partial charge in [-0.05, 0) is 49.2 Å². The van der Waals surface area contributed by atoms with E-state index in [0.29, 0.717) is 12.3 Å².